The average Bonchev–Trinajstić information content (AvgIpc) is 2.60. The number of amides is 1. The molecule has 0 saturated heterocycles. The van der Waals surface area contributed by atoms with Crippen molar-refractivity contribution in [3.63, 3.8) is 0 Å². The molecule has 6 nitrogen and oxygen atoms in total. The van der Waals surface area contributed by atoms with Gasteiger partial charge in [-0.2, -0.15) is 26.3 Å². The predicted molar refractivity (Wildman–Crippen MR) is 95.6 cm³/mol. The van der Waals surface area contributed by atoms with Crippen LogP contribution in [0.5, 0.6) is 5.75 Å². The number of carbonyl (C=O) groups is 1. The van der Waals surface area contributed by atoms with Gasteiger partial charge in [-0.25, -0.2) is 0 Å². The summed E-state index contributed by atoms with van der Waals surface area (Å²) in [5.41, 5.74) is -6.93. The fourth-order valence-corrected chi connectivity index (χ4v) is 2.82. The lowest BCUT2D eigenvalue weighted by atomic mass is 10.2. The van der Waals surface area contributed by atoms with Gasteiger partial charge < -0.3 is 10.1 Å². The van der Waals surface area contributed by atoms with Crippen molar-refractivity contribution in [3.8, 4) is 5.75 Å². The summed E-state index contributed by atoms with van der Waals surface area (Å²) in [6, 6.07) is 4.61. The second-order valence-electron chi connectivity index (χ2n) is 5.46. The largest absolute Gasteiger partial charge is 0.477 e. The Balaban J connectivity index is 2.12. The number of anilines is 1. The summed E-state index contributed by atoms with van der Waals surface area (Å²) in [6.07, 6.45) is -4.68. The minimum absolute atomic E-state index is 0.198. The molecule has 1 amide bonds. The van der Waals surface area contributed by atoms with Crippen LogP contribution in [0.2, 0.25) is 5.02 Å². The summed E-state index contributed by atoms with van der Waals surface area (Å²) in [5.74, 6) is -1.50. The van der Waals surface area contributed by atoms with Gasteiger partial charge in [0.15, 0.2) is 12.4 Å². The smallest absolute Gasteiger partial charge is 0.446 e. The first kappa shape index (κ1) is 23.6. The fraction of sp³-hybridized carbons (Fsp3) is 0.188. The van der Waals surface area contributed by atoms with E-state index >= 15 is 0 Å². The molecule has 2 rings (SSSR count). The Kier molecular flexibility index (Phi) is 7.08. The van der Waals surface area contributed by atoms with Gasteiger partial charge in [0.25, 0.3) is 5.91 Å². The molecule has 14 heteroatoms. The number of benzene rings is 2. The number of halogens is 7. The molecule has 0 aliphatic rings. The third-order valence-electron chi connectivity index (χ3n) is 3.29. The summed E-state index contributed by atoms with van der Waals surface area (Å²) in [5, 5.41) is 12.9. The van der Waals surface area contributed by atoms with E-state index in [1.165, 1.54) is 0 Å². The number of ether oxygens (including phenoxy) is 1. The molecule has 2 aromatic carbocycles. The number of nitrogens with one attached hydrogen (secondary N) is 1. The zero-order valence-corrected chi connectivity index (χ0v) is 15.9. The van der Waals surface area contributed by atoms with Crippen LogP contribution in [0.4, 0.5) is 37.7 Å². The highest BCUT2D eigenvalue weighted by Crippen LogP contribution is 2.40. The van der Waals surface area contributed by atoms with Crippen molar-refractivity contribution < 1.29 is 40.8 Å². The Bertz CT molecular complexity index is 968. The molecule has 0 aliphatic carbocycles. The monoisotopic (exact) mass is 474 g/mol. The molecular weight excluding hydrogens is 466 g/mol. The zero-order valence-electron chi connectivity index (χ0n) is 14.3. The van der Waals surface area contributed by atoms with E-state index in [9.17, 15) is 41.3 Å². The third kappa shape index (κ3) is 6.69. The highest BCUT2D eigenvalue weighted by Gasteiger charge is 2.32. The van der Waals surface area contributed by atoms with Crippen LogP contribution in [0.15, 0.2) is 41.3 Å². The van der Waals surface area contributed by atoms with E-state index in [1.54, 1.807) is 0 Å². The first-order valence-corrected chi connectivity index (χ1v) is 8.79. The number of nitro benzene ring substituents is 1. The molecule has 0 atom stereocenters. The van der Waals surface area contributed by atoms with E-state index in [1.807, 2.05) is 0 Å². The van der Waals surface area contributed by atoms with Crippen LogP contribution < -0.4 is 10.1 Å². The van der Waals surface area contributed by atoms with Crippen molar-refractivity contribution in [2.75, 3.05) is 11.9 Å². The normalized spacial score (nSPS) is 11.8. The van der Waals surface area contributed by atoms with Crippen LogP contribution in [-0.2, 0) is 11.0 Å². The molecule has 0 fully saturated rings. The first-order chi connectivity index (χ1) is 13.8. The van der Waals surface area contributed by atoms with Crippen LogP contribution in [-0.4, -0.2) is 22.9 Å². The second-order valence-corrected chi connectivity index (χ2v) is 7.01. The van der Waals surface area contributed by atoms with E-state index < -0.39 is 62.8 Å². The van der Waals surface area contributed by atoms with Crippen LogP contribution in [0, 0.1) is 10.1 Å². The summed E-state index contributed by atoms with van der Waals surface area (Å²) in [4.78, 5) is 21.5. The van der Waals surface area contributed by atoms with Crippen molar-refractivity contribution in [2.45, 2.75) is 16.6 Å². The summed E-state index contributed by atoms with van der Waals surface area (Å²) in [6.45, 7) is -0.876. The van der Waals surface area contributed by atoms with Gasteiger partial charge in [-0.15, -0.1) is 0 Å². The Labute approximate surface area is 173 Å². The fourth-order valence-electron chi connectivity index (χ4n) is 2.09. The van der Waals surface area contributed by atoms with Crippen LogP contribution >= 0.6 is 23.4 Å². The number of rotatable bonds is 6. The zero-order chi connectivity index (χ0) is 22.7. The van der Waals surface area contributed by atoms with Crippen LogP contribution in [0.3, 0.4) is 0 Å². The quantitative estimate of drug-likeness (QED) is 0.244. The van der Waals surface area contributed by atoms with E-state index in [2.05, 4.69) is 5.32 Å². The summed E-state index contributed by atoms with van der Waals surface area (Å²) in [7, 11) is 0. The van der Waals surface area contributed by atoms with Gasteiger partial charge in [0.05, 0.1) is 21.2 Å². The number of alkyl halides is 6. The number of carbonyl (C=O) groups excluding carboxylic acids is 1. The molecule has 2 aromatic rings. The van der Waals surface area contributed by atoms with Crippen molar-refractivity contribution in [1.82, 2.24) is 0 Å². The Morgan fingerprint density at radius 2 is 1.80 bits per heavy atom. The topological polar surface area (TPSA) is 81.5 Å². The van der Waals surface area contributed by atoms with Gasteiger partial charge in [-0.3, -0.25) is 14.9 Å². The molecule has 0 radical (unpaired) electrons. The van der Waals surface area contributed by atoms with Gasteiger partial charge in [-0.1, -0.05) is 11.6 Å². The summed E-state index contributed by atoms with van der Waals surface area (Å²) >= 11 is 5.16. The predicted octanol–water partition coefficient (Wildman–Crippen LogP) is 5.90. The molecule has 1 N–H and O–H groups in total. The Morgan fingerprint density at radius 1 is 1.13 bits per heavy atom. The van der Waals surface area contributed by atoms with Gasteiger partial charge in [0, 0.05) is 11.0 Å². The standard InChI is InChI=1S/C16H9ClF6N2O4S/c17-10-3-1-8(15(18,19)20)5-11(10)24-14(26)7-29-13-4-2-9(30-16(21,22)23)6-12(13)25(27)28/h1-6H,7H2,(H,24,26). The lowest BCUT2D eigenvalue weighted by Gasteiger charge is -2.12. The Morgan fingerprint density at radius 3 is 2.37 bits per heavy atom. The highest BCUT2D eigenvalue weighted by molar-refractivity contribution is 8.00. The summed E-state index contributed by atoms with van der Waals surface area (Å²) < 4.78 is 80.4. The van der Waals surface area contributed by atoms with Gasteiger partial charge >= 0.3 is 17.4 Å². The van der Waals surface area contributed by atoms with E-state index in [4.69, 9.17) is 16.3 Å². The van der Waals surface area contributed by atoms with Crippen LogP contribution in [0.1, 0.15) is 5.56 Å². The SMILES string of the molecule is O=C(COc1ccc(SC(F)(F)F)cc1[N+](=O)[O-])Nc1cc(C(F)(F)F)ccc1Cl. The second kappa shape index (κ2) is 9.00. The van der Waals surface area contributed by atoms with Crippen molar-refractivity contribution in [1.29, 1.82) is 0 Å². The molecule has 0 aromatic heterocycles. The van der Waals surface area contributed by atoms with E-state index in [0.717, 1.165) is 18.2 Å². The number of nitro groups is 1. The van der Waals surface area contributed by atoms with Crippen LogP contribution in [0.25, 0.3) is 0 Å². The molecule has 0 heterocycles. The maximum Gasteiger partial charge on any atom is 0.446 e. The van der Waals surface area contributed by atoms with Gasteiger partial charge in [0.1, 0.15) is 0 Å². The maximum atomic E-state index is 12.7. The number of hydrogen-bond acceptors (Lipinski definition) is 5. The lowest BCUT2D eigenvalue weighted by Crippen LogP contribution is -2.21. The number of thioether (sulfide) groups is 1. The molecular formula is C16H9ClF6N2O4S. The molecule has 0 aliphatic heterocycles. The van der Waals surface area contributed by atoms with Crippen molar-refractivity contribution >= 4 is 40.6 Å². The highest BCUT2D eigenvalue weighted by atomic mass is 35.5. The van der Waals surface area contributed by atoms with Gasteiger partial charge in [0.2, 0.25) is 0 Å². The minimum atomic E-state index is -4.68. The number of hydrogen-bond donors (Lipinski definition) is 1. The molecule has 0 saturated carbocycles. The first-order valence-electron chi connectivity index (χ1n) is 7.60. The minimum Gasteiger partial charge on any atom is -0.477 e. The van der Waals surface area contributed by atoms with Crippen molar-refractivity contribution in [2.24, 2.45) is 0 Å². The molecule has 0 bridgehead atoms. The number of nitrogens with zero attached hydrogens (tertiary/aromatic N) is 1. The maximum absolute atomic E-state index is 12.7. The third-order valence-corrected chi connectivity index (χ3v) is 4.34. The average molecular weight is 475 g/mol. The van der Waals surface area contributed by atoms with E-state index in [-0.39, 0.29) is 10.7 Å². The molecule has 162 valence electrons. The molecule has 0 unspecified atom stereocenters. The van der Waals surface area contributed by atoms with E-state index in [0.29, 0.717) is 18.2 Å². The Hall–Kier alpha value is -2.67. The molecule has 30 heavy (non-hydrogen) atoms. The van der Waals surface area contributed by atoms with Crippen molar-refractivity contribution in [3.05, 3.63) is 57.1 Å². The molecule has 0 spiro atoms. The van der Waals surface area contributed by atoms with Gasteiger partial charge in [-0.05, 0) is 42.1 Å². The lowest BCUT2D eigenvalue weighted by molar-refractivity contribution is -0.386.